The fraction of sp³-hybridized carbons (Fsp3) is 0.500. The Morgan fingerprint density at radius 2 is 1.30 bits per heavy atom. The lowest BCUT2D eigenvalue weighted by atomic mass is 9.83. The number of benzene rings is 1. The molecule has 0 unspecified atom stereocenters. The molecule has 1 N–H and O–H groups in total. The lowest BCUT2D eigenvalue weighted by molar-refractivity contribution is -0.315. The molecule has 0 amide bonds. The number of carbonyl (C=O) groups excluding carboxylic acids is 2. The van der Waals surface area contributed by atoms with E-state index in [1.807, 2.05) is 0 Å². The number of halogens is 6. The van der Waals surface area contributed by atoms with Gasteiger partial charge in [-0.25, -0.2) is 8.42 Å². The van der Waals surface area contributed by atoms with Crippen molar-refractivity contribution in [3.05, 3.63) is 30.3 Å². The Kier molecular flexibility index (Phi) is 7.88. The van der Waals surface area contributed by atoms with E-state index in [4.69, 9.17) is 0 Å². The SMILES string of the molecule is CCOC(=O)C(C(=O)OCC)C(NS(=O)(=O)c1ccccc1)(C(F)(F)F)C(F)(F)F. The fourth-order valence-corrected chi connectivity index (χ4v) is 3.84. The predicted molar refractivity (Wildman–Crippen MR) is 88.4 cm³/mol. The summed E-state index contributed by atoms with van der Waals surface area (Å²) in [4.78, 5) is 23.2. The summed E-state index contributed by atoms with van der Waals surface area (Å²) in [7, 11) is -5.53. The van der Waals surface area contributed by atoms with E-state index >= 15 is 0 Å². The number of esters is 2. The Morgan fingerprint density at radius 1 is 0.900 bits per heavy atom. The van der Waals surface area contributed by atoms with Gasteiger partial charge in [-0.15, -0.1) is 0 Å². The summed E-state index contributed by atoms with van der Waals surface area (Å²) in [6.07, 6.45) is -13.0. The number of ether oxygens (including phenoxy) is 2. The molecule has 0 bridgehead atoms. The van der Waals surface area contributed by atoms with Crippen molar-refractivity contribution in [3.63, 3.8) is 0 Å². The van der Waals surface area contributed by atoms with E-state index in [0.29, 0.717) is 4.72 Å². The van der Waals surface area contributed by atoms with Crippen LogP contribution >= 0.6 is 0 Å². The molecule has 1 aromatic carbocycles. The summed E-state index contributed by atoms with van der Waals surface area (Å²) in [5, 5.41) is 0. The van der Waals surface area contributed by atoms with Crippen molar-refractivity contribution in [2.24, 2.45) is 5.92 Å². The van der Waals surface area contributed by atoms with Gasteiger partial charge in [0.2, 0.25) is 15.6 Å². The summed E-state index contributed by atoms with van der Waals surface area (Å²) >= 11 is 0. The first-order valence-corrected chi connectivity index (χ1v) is 9.69. The zero-order valence-corrected chi connectivity index (χ0v) is 16.3. The third-order valence-corrected chi connectivity index (χ3v) is 5.20. The second-order valence-corrected chi connectivity index (χ2v) is 7.34. The predicted octanol–water partition coefficient (Wildman–Crippen LogP) is 2.57. The molecule has 30 heavy (non-hydrogen) atoms. The molecule has 14 heteroatoms. The van der Waals surface area contributed by atoms with E-state index in [1.54, 1.807) is 0 Å². The normalized spacial score (nSPS) is 13.2. The van der Waals surface area contributed by atoms with E-state index in [2.05, 4.69) is 9.47 Å². The molecule has 0 aliphatic carbocycles. The average Bonchev–Trinajstić information content (AvgIpc) is 2.60. The van der Waals surface area contributed by atoms with Crippen molar-refractivity contribution in [1.29, 1.82) is 0 Å². The summed E-state index contributed by atoms with van der Waals surface area (Å²) in [6.45, 7) is 0.756. The first-order valence-electron chi connectivity index (χ1n) is 8.21. The number of rotatable bonds is 8. The van der Waals surface area contributed by atoms with Crippen molar-refractivity contribution < 1.29 is 53.8 Å². The van der Waals surface area contributed by atoms with E-state index in [-0.39, 0.29) is 0 Å². The highest BCUT2D eigenvalue weighted by Crippen LogP contribution is 2.49. The molecule has 0 saturated heterocycles. The minimum Gasteiger partial charge on any atom is -0.465 e. The van der Waals surface area contributed by atoms with Crippen molar-refractivity contribution in [1.82, 2.24) is 4.72 Å². The molecule has 1 aromatic rings. The van der Waals surface area contributed by atoms with Gasteiger partial charge in [0.15, 0.2) is 5.92 Å². The van der Waals surface area contributed by atoms with Gasteiger partial charge in [-0.1, -0.05) is 18.2 Å². The van der Waals surface area contributed by atoms with Crippen LogP contribution in [-0.4, -0.2) is 51.5 Å². The van der Waals surface area contributed by atoms with Crippen molar-refractivity contribution in [2.45, 2.75) is 36.6 Å². The molecule has 7 nitrogen and oxygen atoms in total. The average molecular weight is 465 g/mol. The molecule has 0 atom stereocenters. The molecule has 0 spiro atoms. The van der Waals surface area contributed by atoms with Crippen molar-refractivity contribution >= 4 is 22.0 Å². The Labute approximate surface area is 167 Å². The van der Waals surface area contributed by atoms with Gasteiger partial charge in [0.05, 0.1) is 18.1 Å². The van der Waals surface area contributed by atoms with Crippen molar-refractivity contribution in [2.75, 3.05) is 13.2 Å². The number of sulfonamides is 1. The van der Waals surface area contributed by atoms with Crippen LogP contribution in [0, 0.1) is 5.92 Å². The van der Waals surface area contributed by atoms with E-state index in [1.165, 1.54) is 6.07 Å². The lowest BCUT2D eigenvalue weighted by Crippen LogP contribution is -2.74. The van der Waals surface area contributed by atoms with Gasteiger partial charge in [0.25, 0.3) is 0 Å². The number of hydrogen-bond donors (Lipinski definition) is 1. The van der Waals surface area contributed by atoms with Crippen LogP contribution in [0.25, 0.3) is 0 Å². The molecule has 0 fully saturated rings. The second-order valence-electron chi connectivity index (χ2n) is 5.66. The quantitative estimate of drug-likeness (QED) is 0.360. The van der Waals surface area contributed by atoms with Gasteiger partial charge >= 0.3 is 24.3 Å². The monoisotopic (exact) mass is 465 g/mol. The highest BCUT2D eigenvalue weighted by Gasteiger charge is 2.79. The summed E-state index contributed by atoms with van der Waals surface area (Å²) < 4.78 is 117. The van der Waals surface area contributed by atoms with Crippen LogP contribution in [-0.2, 0) is 29.1 Å². The van der Waals surface area contributed by atoms with Gasteiger partial charge in [-0.3, -0.25) is 9.59 Å². The van der Waals surface area contributed by atoms with Crippen molar-refractivity contribution in [3.8, 4) is 0 Å². The highest BCUT2D eigenvalue weighted by molar-refractivity contribution is 7.89. The highest BCUT2D eigenvalue weighted by atomic mass is 32.2. The van der Waals surface area contributed by atoms with Crippen LogP contribution in [0.3, 0.4) is 0 Å². The molecule has 170 valence electrons. The fourth-order valence-electron chi connectivity index (χ4n) is 2.43. The van der Waals surface area contributed by atoms with Gasteiger partial charge < -0.3 is 9.47 Å². The lowest BCUT2D eigenvalue weighted by Gasteiger charge is -2.40. The van der Waals surface area contributed by atoms with Crippen LogP contribution < -0.4 is 4.72 Å². The second kappa shape index (κ2) is 9.20. The smallest absolute Gasteiger partial charge is 0.417 e. The molecular formula is C16H17F6NO6S. The molecule has 0 saturated carbocycles. The third-order valence-electron chi connectivity index (χ3n) is 3.72. The van der Waals surface area contributed by atoms with Crippen LogP contribution in [0.1, 0.15) is 13.8 Å². The Balaban J connectivity index is 3.87. The van der Waals surface area contributed by atoms with Crippen LogP contribution in [0.4, 0.5) is 26.3 Å². The van der Waals surface area contributed by atoms with Crippen LogP contribution in [0.2, 0.25) is 0 Å². The minimum absolute atomic E-state index is 0.502. The van der Waals surface area contributed by atoms with E-state index in [9.17, 15) is 44.3 Å². The molecule has 1 rings (SSSR count). The third kappa shape index (κ3) is 5.03. The summed E-state index contributed by atoms with van der Waals surface area (Å²) in [5.74, 6) is -8.28. The topological polar surface area (TPSA) is 98.8 Å². The van der Waals surface area contributed by atoms with Gasteiger partial charge in [0, 0.05) is 0 Å². The maximum Gasteiger partial charge on any atom is 0.417 e. The number of nitrogens with one attached hydrogen (secondary N) is 1. The molecular weight excluding hydrogens is 448 g/mol. The van der Waals surface area contributed by atoms with Gasteiger partial charge in [-0.05, 0) is 26.0 Å². The maximum atomic E-state index is 13.9. The van der Waals surface area contributed by atoms with Gasteiger partial charge in [-0.2, -0.15) is 31.1 Å². The van der Waals surface area contributed by atoms with Gasteiger partial charge in [0.1, 0.15) is 0 Å². The zero-order chi connectivity index (χ0) is 23.4. The number of carbonyl (C=O) groups is 2. The molecule has 0 aliphatic heterocycles. The van der Waals surface area contributed by atoms with Crippen LogP contribution in [0.5, 0.6) is 0 Å². The minimum atomic E-state index is -6.50. The maximum absolute atomic E-state index is 13.9. The summed E-state index contributed by atoms with van der Waals surface area (Å²) in [5.41, 5.74) is -5.56. The molecule has 0 aromatic heterocycles. The standard InChI is InChI=1S/C16H17F6NO6S/c1-3-28-12(24)11(13(25)29-4-2)14(15(17,18)19,16(20,21)22)23-30(26,27)10-8-6-5-7-9-10/h5-9,11,23H,3-4H2,1-2H3. The van der Waals surface area contributed by atoms with Crippen LogP contribution in [0.15, 0.2) is 35.2 Å². The zero-order valence-electron chi connectivity index (χ0n) is 15.5. The number of alkyl halides is 6. The Hall–Kier alpha value is -2.35. The molecule has 0 radical (unpaired) electrons. The van der Waals surface area contributed by atoms with E-state index < -0.39 is 63.9 Å². The number of hydrogen-bond acceptors (Lipinski definition) is 6. The summed E-state index contributed by atoms with van der Waals surface area (Å²) in [6, 6.07) is 4.81. The Bertz CT molecular complexity index is 821. The van der Waals surface area contributed by atoms with E-state index in [0.717, 1.165) is 38.1 Å². The molecule has 0 aliphatic rings. The largest absolute Gasteiger partial charge is 0.465 e. The molecule has 0 heterocycles. The Morgan fingerprint density at radius 3 is 1.63 bits per heavy atom. The first-order chi connectivity index (χ1) is 13.7. The first kappa shape index (κ1) is 25.7.